The maximum Gasteiger partial charge on any atom is 0.143 e. The highest BCUT2D eigenvalue weighted by Gasteiger charge is 2.22. The third-order valence-corrected chi connectivity index (χ3v) is 11.3. The highest BCUT2D eigenvalue weighted by molar-refractivity contribution is 6.20. The van der Waals surface area contributed by atoms with E-state index in [4.69, 9.17) is 4.42 Å². The monoisotopic (exact) mass is 760 g/mol. The van der Waals surface area contributed by atoms with Gasteiger partial charge in [0.25, 0.3) is 0 Å². The first-order valence-corrected chi connectivity index (χ1v) is 19.5. The van der Waals surface area contributed by atoms with Crippen LogP contribution in [0, 0.1) is 0 Å². The summed E-state index contributed by atoms with van der Waals surface area (Å²) in [5.41, 5.74) is 4.79. The van der Waals surface area contributed by atoms with E-state index < -0.39 is 24.2 Å². The lowest BCUT2D eigenvalue weighted by Crippen LogP contribution is -2.10. The molecule has 0 amide bonds. The Balaban J connectivity index is 1.19. The minimum Gasteiger partial charge on any atom is -0.455 e. The van der Waals surface area contributed by atoms with Gasteiger partial charge in [0.1, 0.15) is 11.2 Å². The average Bonchev–Trinajstić information content (AvgIpc) is 3.92. The van der Waals surface area contributed by atoms with Gasteiger partial charge in [0.15, 0.2) is 0 Å². The van der Waals surface area contributed by atoms with Gasteiger partial charge in [-0.2, -0.15) is 0 Å². The summed E-state index contributed by atoms with van der Waals surface area (Å²) in [4.78, 5) is 1.43. The standard InChI is InChI=1S/C56H36N2O/c1-2-17-43(18-3-1)58-50-23-9-8-21-48(50)54-46(22-11-24-51(54)58)42-16-10-19-45(36-42)57(44-32-29-38(30-33-44)41-28-27-37-13-4-5-15-40(37)35-41)52-25-12-26-53-55(52)49-34-31-39-14-6-7-20-47(39)56(49)59-53/h1-36H/i10D,16D,19D,29D,30D,32D,33D,36D. The Labute approximate surface area is 352 Å². The first-order valence-electron chi connectivity index (χ1n) is 23.5. The van der Waals surface area contributed by atoms with Gasteiger partial charge in [0.2, 0.25) is 0 Å². The highest BCUT2D eigenvalue weighted by Crippen LogP contribution is 2.46. The molecular formula is C56H36N2O. The first-order chi connectivity index (χ1) is 32.6. The van der Waals surface area contributed by atoms with E-state index >= 15 is 0 Å². The zero-order chi connectivity index (χ0) is 45.8. The Morgan fingerprint density at radius 2 is 1.19 bits per heavy atom. The fourth-order valence-electron chi connectivity index (χ4n) is 8.64. The van der Waals surface area contributed by atoms with E-state index in [1.165, 1.54) is 4.90 Å². The van der Waals surface area contributed by atoms with Crippen LogP contribution in [-0.4, -0.2) is 4.57 Å². The largest absolute Gasteiger partial charge is 0.455 e. The Kier molecular flexibility index (Phi) is 5.92. The van der Waals surface area contributed by atoms with Crippen LogP contribution in [0.4, 0.5) is 17.1 Å². The molecule has 0 atom stereocenters. The molecule has 276 valence electrons. The molecule has 0 aliphatic carbocycles. The van der Waals surface area contributed by atoms with Gasteiger partial charge in [-0.25, -0.2) is 0 Å². The summed E-state index contributed by atoms with van der Waals surface area (Å²) < 4.78 is 86.6. The predicted molar refractivity (Wildman–Crippen MR) is 249 cm³/mol. The van der Waals surface area contributed by atoms with Gasteiger partial charge in [0.05, 0.1) is 33.1 Å². The van der Waals surface area contributed by atoms with Gasteiger partial charge in [-0.1, -0.05) is 145 Å². The quantitative estimate of drug-likeness (QED) is 0.168. The molecule has 3 nitrogen and oxygen atoms in total. The van der Waals surface area contributed by atoms with E-state index in [0.717, 1.165) is 49.0 Å². The van der Waals surface area contributed by atoms with Crippen LogP contribution in [0.15, 0.2) is 223 Å². The summed E-state index contributed by atoms with van der Waals surface area (Å²) in [6.07, 6.45) is 0. The van der Waals surface area contributed by atoms with E-state index in [1.54, 1.807) is 18.2 Å². The zero-order valence-corrected chi connectivity index (χ0v) is 31.5. The molecular weight excluding hydrogens is 717 g/mol. The molecule has 0 spiro atoms. The molecule has 0 aliphatic rings. The average molecular weight is 761 g/mol. The number of benzene rings is 10. The van der Waals surface area contributed by atoms with E-state index in [9.17, 15) is 11.0 Å². The number of nitrogens with zero attached hydrogens (tertiary/aromatic N) is 2. The Morgan fingerprint density at radius 1 is 0.458 bits per heavy atom. The fourth-order valence-corrected chi connectivity index (χ4v) is 8.64. The molecule has 0 bridgehead atoms. The maximum absolute atomic E-state index is 10.3. The Hall–Kier alpha value is -7.88. The van der Waals surface area contributed by atoms with Crippen LogP contribution in [0.3, 0.4) is 0 Å². The van der Waals surface area contributed by atoms with Gasteiger partial charge < -0.3 is 13.9 Å². The van der Waals surface area contributed by atoms with Crippen molar-refractivity contribution in [3.05, 3.63) is 218 Å². The second-order valence-electron chi connectivity index (χ2n) is 14.6. The van der Waals surface area contributed by atoms with Crippen LogP contribution in [0.1, 0.15) is 11.0 Å². The van der Waals surface area contributed by atoms with Crippen molar-refractivity contribution in [1.29, 1.82) is 0 Å². The summed E-state index contributed by atoms with van der Waals surface area (Å²) in [6.45, 7) is 0. The summed E-state index contributed by atoms with van der Waals surface area (Å²) in [5, 5.41) is 6.50. The van der Waals surface area contributed by atoms with Crippen LogP contribution < -0.4 is 4.90 Å². The highest BCUT2D eigenvalue weighted by atomic mass is 16.3. The van der Waals surface area contributed by atoms with Gasteiger partial charge in [-0.15, -0.1) is 0 Å². The van der Waals surface area contributed by atoms with Gasteiger partial charge in [-0.3, -0.25) is 0 Å². The van der Waals surface area contributed by atoms with Crippen LogP contribution in [0.5, 0.6) is 0 Å². The van der Waals surface area contributed by atoms with Gasteiger partial charge in [0, 0.05) is 38.6 Å². The normalized spacial score (nSPS) is 13.6. The molecule has 0 aliphatic heterocycles. The molecule has 59 heavy (non-hydrogen) atoms. The van der Waals surface area contributed by atoms with Crippen molar-refractivity contribution in [2.75, 3.05) is 4.90 Å². The second-order valence-corrected chi connectivity index (χ2v) is 14.6. The number of anilines is 3. The number of fused-ring (bicyclic) bond motifs is 9. The third kappa shape index (κ3) is 5.36. The molecule has 12 rings (SSSR count). The lowest BCUT2D eigenvalue weighted by molar-refractivity contribution is 0.672. The van der Waals surface area contributed by atoms with Crippen LogP contribution in [0.25, 0.3) is 93.2 Å². The molecule has 10 aromatic carbocycles. The Bertz CT molecular complexity index is 4020. The van der Waals surface area contributed by atoms with Crippen molar-refractivity contribution in [1.82, 2.24) is 4.57 Å². The number of hydrogen-bond acceptors (Lipinski definition) is 2. The Morgan fingerprint density at radius 3 is 2.07 bits per heavy atom. The zero-order valence-electron chi connectivity index (χ0n) is 39.5. The summed E-state index contributed by atoms with van der Waals surface area (Å²) in [7, 11) is 0. The first kappa shape index (κ1) is 26.1. The number of hydrogen-bond donors (Lipinski definition) is 0. The van der Waals surface area contributed by atoms with Crippen molar-refractivity contribution < 1.29 is 15.4 Å². The third-order valence-electron chi connectivity index (χ3n) is 11.3. The van der Waals surface area contributed by atoms with E-state index in [1.807, 2.05) is 152 Å². The fraction of sp³-hybridized carbons (Fsp3) is 0. The predicted octanol–water partition coefficient (Wildman–Crippen LogP) is 15.8. The molecule has 12 aromatic rings. The van der Waals surface area contributed by atoms with Crippen molar-refractivity contribution in [3.8, 4) is 27.9 Å². The molecule has 0 unspecified atom stereocenters. The molecule has 0 saturated heterocycles. The molecule has 2 heterocycles. The SMILES string of the molecule is [2H]c1c([2H])c(-c2cccc3c2c2ccccc2n3-c2ccccc2)c([2H])c(N(c2c([2H])c([2H])c(-c3ccc4ccccc4c3)c([2H])c2[2H])c2cccc3oc4c5ccccc5ccc4c23)c1[2H]. The molecule has 0 radical (unpaired) electrons. The molecule has 0 saturated carbocycles. The van der Waals surface area contributed by atoms with Crippen molar-refractivity contribution in [3.63, 3.8) is 0 Å². The molecule has 0 N–H and O–H groups in total. The number of furan rings is 1. The minimum atomic E-state index is -0.483. The van der Waals surface area contributed by atoms with Gasteiger partial charge in [-0.05, 0) is 111 Å². The number of rotatable bonds is 6. The summed E-state index contributed by atoms with van der Waals surface area (Å²) in [6, 6.07) is 50.9. The van der Waals surface area contributed by atoms with Crippen molar-refractivity contribution >= 4 is 82.4 Å². The van der Waals surface area contributed by atoms with Crippen LogP contribution in [0.2, 0.25) is 0 Å². The summed E-state index contributed by atoms with van der Waals surface area (Å²) in [5.74, 6) is 0. The maximum atomic E-state index is 10.3. The van der Waals surface area contributed by atoms with Crippen LogP contribution in [-0.2, 0) is 0 Å². The van der Waals surface area contributed by atoms with E-state index in [-0.39, 0.29) is 46.7 Å². The topological polar surface area (TPSA) is 21.3 Å². The smallest absolute Gasteiger partial charge is 0.143 e. The minimum absolute atomic E-state index is 0.0841. The second kappa shape index (κ2) is 13.4. The van der Waals surface area contributed by atoms with E-state index in [2.05, 4.69) is 4.57 Å². The van der Waals surface area contributed by atoms with Crippen molar-refractivity contribution in [2.24, 2.45) is 0 Å². The lowest BCUT2D eigenvalue weighted by Gasteiger charge is -2.27. The summed E-state index contributed by atoms with van der Waals surface area (Å²) >= 11 is 0. The van der Waals surface area contributed by atoms with E-state index in [0.29, 0.717) is 38.8 Å². The van der Waals surface area contributed by atoms with Crippen molar-refractivity contribution in [2.45, 2.75) is 0 Å². The molecule has 0 fully saturated rings. The lowest BCUT2D eigenvalue weighted by atomic mass is 9.98. The molecule has 2 aromatic heterocycles. The molecule has 3 heteroatoms. The number of aromatic nitrogens is 1. The van der Waals surface area contributed by atoms with Crippen LogP contribution >= 0.6 is 0 Å². The number of para-hydroxylation sites is 2. The van der Waals surface area contributed by atoms with Gasteiger partial charge >= 0.3 is 0 Å².